The van der Waals surface area contributed by atoms with Gasteiger partial charge in [-0.05, 0) is 18.2 Å². The van der Waals surface area contributed by atoms with Crippen molar-refractivity contribution in [3.05, 3.63) is 36.1 Å². The molecule has 0 unspecified atom stereocenters. The van der Waals surface area contributed by atoms with Crippen LogP contribution < -0.4 is 15.6 Å². The van der Waals surface area contributed by atoms with Gasteiger partial charge in [0.15, 0.2) is 11.3 Å². The number of benzene rings is 1. The van der Waals surface area contributed by atoms with Crippen LogP contribution in [0.2, 0.25) is 0 Å². The molecule has 0 aliphatic carbocycles. The second kappa shape index (κ2) is 5.92. The number of hydrogen-bond acceptors (Lipinski definition) is 4. The number of ether oxygens (including phenoxy) is 1. The Morgan fingerprint density at radius 2 is 2.10 bits per heavy atom. The summed E-state index contributed by atoms with van der Waals surface area (Å²) in [6, 6.07) is 7.33. The number of furan rings is 1. The molecule has 20 heavy (non-hydrogen) atoms. The fourth-order valence-corrected chi connectivity index (χ4v) is 1.65. The van der Waals surface area contributed by atoms with Gasteiger partial charge in [0, 0.05) is 18.4 Å². The predicted molar refractivity (Wildman–Crippen MR) is 73.8 cm³/mol. The zero-order chi connectivity index (χ0) is 14.5. The molecule has 1 aromatic carbocycles. The summed E-state index contributed by atoms with van der Waals surface area (Å²) < 4.78 is 10.8. The molecule has 2 N–H and O–H groups in total. The molecule has 0 radical (unpaired) electrons. The minimum absolute atomic E-state index is 0.347. The molecule has 2 aromatic rings. The lowest BCUT2D eigenvalue weighted by Crippen LogP contribution is -2.39. The number of carbonyl (C=O) groups is 2. The van der Waals surface area contributed by atoms with Crippen LogP contribution in [0.25, 0.3) is 17.0 Å². The molecule has 0 aliphatic rings. The van der Waals surface area contributed by atoms with Gasteiger partial charge < -0.3 is 9.15 Å². The van der Waals surface area contributed by atoms with Gasteiger partial charge in [0.05, 0.1) is 7.11 Å². The summed E-state index contributed by atoms with van der Waals surface area (Å²) in [5.41, 5.74) is 5.03. The lowest BCUT2D eigenvalue weighted by molar-refractivity contribution is -0.125. The number of hydrazine groups is 1. The molecule has 6 heteroatoms. The van der Waals surface area contributed by atoms with E-state index in [0.717, 1.165) is 5.39 Å². The Hall–Kier alpha value is -2.76. The Morgan fingerprint density at radius 3 is 2.80 bits per heavy atom. The van der Waals surface area contributed by atoms with Gasteiger partial charge in [-0.1, -0.05) is 12.1 Å². The molecule has 0 spiro atoms. The van der Waals surface area contributed by atoms with Crippen LogP contribution in [0, 0.1) is 0 Å². The first-order chi connectivity index (χ1) is 9.60. The average Bonchev–Trinajstić information content (AvgIpc) is 2.85. The van der Waals surface area contributed by atoms with Gasteiger partial charge in [0.25, 0.3) is 5.91 Å². The SMILES string of the molecule is COc1cccc2cc(/C=C/C(=O)NNC(C)=O)oc12. The molecule has 0 saturated heterocycles. The molecule has 2 rings (SSSR count). The number of fused-ring (bicyclic) bond motifs is 1. The van der Waals surface area contributed by atoms with Crippen LogP contribution in [0.3, 0.4) is 0 Å². The van der Waals surface area contributed by atoms with E-state index in [1.54, 1.807) is 19.2 Å². The van der Waals surface area contributed by atoms with Crippen molar-refractivity contribution in [2.45, 2.75) is 6.92 Å². The first-order valence-electron chi connectivity index (χ1n) is 5.91. The van der Waals surface area contributed by atoms with E-state index in [0.29, 0.717) is 17.1 Å². The van der Waals surface area contributed by atoms with E-state index >= 15 is 0 Å². The van der Waals surface area contributed by atoms with E-state index in [-0.39, 0.29) is 5.91 Å². The first-order valence-corrected chi connectivity index (χ1v) is 5.91. The summed E-state index contributed by atoms with van der Waals surface area (Å²) in [5.74, 6) is 0.347. The van der Waals surface area contributed by atoms with Gasteiger partial charge in [-0.3, -0.25) is 20.4 Å². The van der Waals surface area contributed by atoms with Gasteiger partial charge in [-0.25, -0.2) is 0 Å². The van der Waals surface area contributed by atoms with Gasteiger partial charge in [0.2, 0.25) is 5.91 Å². The van der Waals surface area contributed by atoms with Gasteiger partial charge in [0.1, 0.15) is 5.76 Å². The molecule has 0 saturated carbocycles. The van der Waals surface area contributed by atoms with Crippen molar-refractivity contribution in [3.8, 4) is 5.75 Å². The summed E-state index contributed by atoms with van der Waals surface area (Å²) in [5, 5.41) is 0.881. The van der Waals surface area contributed by atoms with E-state index < -0.39 is 5.91 Å². The summed E-state index contributed by atoms with van der Waals surface area (Å²) in [6.45, 7) is 1.30. The Morgan fingerprint density at radius 1 is 1.30 bits per heavy atom. The monoisotopic (exact) mass is 274 g/mol. The number of amides is 2. The topological polar surface area (TPSA) is 80.6 Å². The van der Waals surface area contributed by atoms with E-state index in [9.17, 15) is 9.59 Å². The quantitative estimate of drug-likeness (QED) is 0.658. The summed E-state index contributed by atoms with van der Waals surface area (Å²) in [4.78, 5) is 22.0. The third kappa shape index (κ3) is 3.17. The van der Waals surface area contributed by atoms with Crippen LogP contribution in [0.1, 0.15) is 12.7 Å². The maximum absolute atomic E-state index is 11.4. The molecule has 2 amide bonds. The minimum atomic E-state index is -0.451. The van der Waals surface area contributed by atoms with Crippen molar-refractivity contribution < 1.29 is 18.7 Å². The van der Waals surface area contributed by atoms with Crippen LogP contribution in [-0.2, 0) is 9.59 Å². The summed E-state index contributed by atoms with van der Waals surface area (Å²) in [6.07, 6.45) is 2.77. The molecular formula is C14H14N2O4. The standard InChI is InChI=1S/C14H14N2O4/c1-9(17)15-16-13(18)7-6-11-8-10-4-3-5-12(19-2)14(10)20-11/h3-8H,1-2H3,(H,15,17)(H,16,18)/b7-6+. The normalized spacial score (nSPS) is 10.7. The minimum Gasteiger partial charge on any atom is -0.493 e. The first kappa shape index (κ1) is 13.7. The van der Waals surface area contributed by atoms with E-state index in [2.05, 4.69) is 10.9 Å². The maximum Gasteiger partial charge on any atom is 0.262 e. The number of para-hydroxylation sites is 1. The summed E-state index contributed by atoms with van der Waals surface area (Å²) in [7, 11) is 1.56. The molecule has 6 nitrogen and oxygen atoms in total. The molecule has 104 valence electrons. The van der Waals surface area contributed by atoms with Crippen molar-refractivity contribution in [1.29, 1.82) is 0 Å². The molecule has 0 bridgehead atoms. The number of nitrogens with one attached hydrogen (secondary N) is 2. The van der Waals surface area contributed by atoms with Crippen molar-refractivity contribution in [2.24, 2.45) is 0 Å². The Labute approximate surface area is 115 Å². The number of methoxy groups -OCH3 is 1. The van der Waals surface area contributed by atoms with Crippen molar-refractivity contribution in [1.82, 2.24) is 10.9 Å². The second-order valence-electron chi connectivity index (χ2n) is 4.03. The Kier molecular flexibility index (Phi) is 4.05. The van der Waals surface area contributed by atoms with Gasteiger partial charge in [-0.2, -0.15) is 0 Å². The average molecular weight is 274 g/mol. The lowest BCUT2D eigenvalue weighted by atomic mass is 10.2. The number of rotatable bonds is 3. The van der Waals surface area contributed by atoms with Gasteiger partial charge in [-0.15, -0.1) is 0 Å². The van der Waals surface area contributed by atoms with Crippen LogP contribution >= 0.6 is 0 Å². The third-order valence-electron chi connectivity index (χ3n) is 2.51. The van der Waals surface area contributed by atoms with Crippen molar-refractivity contribution >= 4 is 28.9 Å². The van der Waals surface area contributed by atoms with Crippen LogP contribution in [0.4, 0.5) is 0 Å². The molecule has 0 atom stereocenters. The Balaban J connectivity index is 2.14. The van der Waals surface area contributed by atoms with Crippen molar-refractivity contribution in [3.63, 3.8) is 0 Å². The highest BCUT2D eigenvalue weighted by atomic mass is 16.5. The van der Waals surface area contributed by atoms with Gasteiger partial charge >= 0.3 is 0 Å². The van der Waals surface area contributed by atoms with Crippen molar-refractivity contribution in [2.75, 3.05) is 7.11 Å². The van der Waals surface area contributed by atoms with Crippen LogP contribution in [0.15, 0.2) is 34.8 Å². The van der Waals surface area contributed by atoms with E-state index in [1.807, 2.05) is 12.1 Å². The molecule has 0 fully saturated rings. The van der Waals surface area contributed by atoms with Crippen LogP contribution in [0.5, 0.6) is 5.75 Å². The second-order valence-corrected chi connectivity index (χ2v) is 4.03. The number of carbonyl (C=O) groups excluding carboxylic acids is 2. The largest absolute Gasteiger partial charge is 0.493 e. The zero-order valence-corrected chi connectivity index (χ0v) is 11.1. The van der Waals surface area contributed by atoms with E-state index in [1.165, 1.54) is 19.1 Å². The van der Waals surface area contributed by atoms with Crippen LogP contribution in [-0.4, -0.2) is 18.9 Å². The third-order valence-corrected chi connectivity index (χ3v) is 2.51. The highest BCUT2D eigenvalue weighted by Crippen LogP contribution is 2.28. The maximum atomic E-state index is 11.4. The smallest absolute Gasteiger partial charge is 0.262 e. The highest BCUT2D eigenvalue weighted by Gasteiger charge is 2.06. The summed E-state index contributed by atoms with van der Waals surface area (Å²) >= 11 is 0. The molecular weight excluding hydrogens is 260 g/mol. The van der Waals surface area contributed by atoms with E-state index in [4.69, 9.17) is 9.15 Å². The zero-order valence-electron chi connectivity index (χ0n) is 11.1. The fourth-order valence-electron chi connectivity index (χ4n) is 1.65. The number of hydrogen-bond donors (Lipinski definition) is 2. The highest BCUT2D eigenvalue weighted by molar-refractivity contribution is 5.93. The molecule has 0 aliphatic heterocycles. The molecule has 1 heterocycles. The fraction of sp³-hybridized carbons (Fsp3) is 0.143. The lowest BCUT2D eigenvalue weighted by Gasteiger charge is -1.99. The predicted octanol–water partition coefficient (Wildman–Crippen LogP) is 1.62. The molecule has 1 aromatic heterocycles. The Bertz CT molecular complexity index is 673.